The van der Waals surface area contributed by atoms with Gasteiger partial charge in [0.1, 0.15) is 0 Å². The zero-order chi connectivity index (χ0) is 14.7. The maximum Gasteiger partial charge on any atom is 0.271 e. The van der Waals surface area contributed by atoms with Crippen LogP contribution in [0.4, 0.5) is 11.4 Å². The summed E-state index contributed by atoms with van der Waals surface area (Å²) in [5.74, 6) is -0.117. The van der Waals surface area contributed by atoms with Gasteiger partial charge in [-0.15, -0.1) is 0 Å². The molecule has 0 radical (unpaired) electrons. The van der Waals surface area contributed by atoms with Gasteiger partial charge in [0.2, 0.25) is 5.91 Å². The predicted molar refractivity (Wildman–Crippen MR) is 76.4 cm³/mol. The molecular weight excluding hydrogens is 258 g/mol. The van der Waals surface area contributed by atoms with Crippen molar-refractivity contribution in [3.8, 4) is 0 Å². The minimum atomic E-state index is -0.464. The van der Waals surface area contributed by atoms with E-state index in [1.807, 2.05) is 6.92 Å². The summed E-state index contributed by atoms with van der Waals surface area (Å²) >= 11 is 0. The molecule has 1 aromatic rings. The molecule has 6 nitrogen and oxygen atoms in total. The second kappa shape index (κ2) is 6.00. The molecule has 1 saturated carbocycles. The van der Waals surface area contributed by atoms with Gasteiger partial charge in [0.25, 0.3) is 5.69 Å². The van der Waals surface area contributed by atoms with Gasteiger partial charge in [0.05, 0.1) is 10.6 Å². The molecule has 2 rings (SSSR count). The number of nitrogens with one attached hydrogen (secondary N) is 1. The van der Waals surface area contributed by atoms with Crippen molar-refractivity contribution in [1.29, 1.82) is 0 Å². The minimum Gasteiger partial charge on any atom is -0.328 e. The number of amides is 1. The molecule has 0 unspecified atom stereocenters. The van der Waals surface area contributed by atoms with Crippen LogP contribution >= 0.6 is 0 Å². The lowest BCUT2D eigenvalue weighted by Crippen LogP contribution is -2.32. The number of hydrogen-bond acceptors (Lipinski definition) is 4. The van der Waals surface area contributed by atoms with Crippen molar-refractivity contribution in [1.82, 2.24) is 0 Å². The van der Waals surface area contributed by atoms with Crippen molar-refractivity contribution in [2.75, 3.05) is 5.32 Å². The van der Waals surface area contributed by atoms with E-state index in [9.17, 15) is 14.9 Å². The third kappa shape index (κ3) is 3.33. The first-order valence-corrected chi connectivity index (χ1v) is 6.79. The lowest BCUT2D eigenvalue weighted by atomic mass is 9.86. The highest BCUT2D eigenvalue weighted by molar-refractivity contribution is 5.93. The van der Waals surface area contributed by atoms with Gasteiger partial charge in [-0.2, -0.15) is 0 Å². The summed E-state index contributed by atoms with van der Waals surface area (Å²) in [6.45, 7) is 1.82. The van der Waals surface area contributed by atoms with E-state index in [0.717, 1.165) is 31.2 Å². The highest BCUT2D eigenvalue weighted by Gasteiger charge is 2.25. The SMILES string of the molecule is Cc1ccc([N+](=O)[O-])cc1NC(=O)C1CCC(N)CC1. The van der Waals surface area contributed by atoms with Gasteiger partial charge in [-0.25, -0.2) is 0 Å². The largest absolute Gasteiger partial charge is 0.328 e. The van der Waals surface area contributed by atoms with Crippen LogP contribution in [0.25, 0.3) is 0 Å². The molecule has 0 aromatic heterocycles. The molecule has 3 N–H and O–H groups in total. The Morgan fingerprint density at radius 2 is 2.00 bits per heavy atom. The molecule has 0 heterocycles. The Balaban J connectivity index is 2.07. The summed E-state index contributed by atoms with van der Waals surface area (Å²) in [5, 5.41) is 13.6. The predicted octanol–water partition coefficient (Wildman–Crippen LogP) is 2.36. The first-order chi connectivity index (χ1) is 9.47. The fourth-order valence-corrected chi connectivity index (χ4v) is 2.47. The number of nitrogens with two attached hydrogens (primary N) is 1. The first-order valence-electron chi connectivity index (χ1n) is 6.79. The van der Waals surface area contributed by atoms with Gasteiger partial charge in [-0.1, -0.05) is 6.07 Å². The average molecular weight is 277 g/mol. The Morgan fingerprint density at radius 3 is 2.60 bits per heavy atom. The molecule has 0 saturated heterocycles. The average Bonchev–Trinajstić information content (AvgIpc) is 2.41. The van der Waals surface area contributed by atoms with Gasteiger partial charge >= 0.3 is 0 Å². The fourth-order valence-electron chi connectivity index (χ4n) is 2.47. The molecule has 0 atom stereocenters. The molecule has 0 aliphatic heterocycles. The van der Waals surface area contributed by atoms with Crippen LogP contribution in [0.1, 0.15) is 31.2 Å². The van der Waals surface area contributed by atoms with E-state index in [0.29, 0.717) is 5.69 Å². The molecule has 1 amide bonds. The number of aryl methyl sites for hydroxylation is 1. The number of nitrogens with zero attached hydrogens (tertiary/aromatic N) is 1. The standard InChI is InChI=1S/C14H19N3O3/c1-9-2-7-12(17(19)20)8-13(9)16-14(18)10-3-5-11(15)6-4-10/h2,7-8,10-11H,3-6,15H2,1H3,(H,16,18). The fraction of sp³-hybridized carbons (Fsp3) is 0.500. The zero-order valence-electron chi connectivity index (χ0n) is 11.5. The summed E-state index contributed by atoms with van der Waals surface area (Å²) < 4.78 is 0. The van der Waals surface area contributed by atoms with Crippen molar-refractivity contribution in [3.05, 3.63) is 33.9 Å². The molecule has 1 fully saturated rings. The van der Waals surface area contributed by atoms with E-state index in [-0.39, 0.29) is 23.6 Å². The summed E-state index contributed by atoms with van der Waals surface area (Å²) in [4.78, 5) is 22.5. The number of carbonyl (C=O) groups is 1. The Bertz CT molecular complexity index is 522. The van der Waals surface area contributed by atoms with Crippen molar-refractivity contribution >= 4 is 17.3 Å². The summed E-state index contributed by atoms with van der Waals surface area (Å²) in [7, 11) is 0. The van der Waals surface area contributed by atoms with Gasteiger partial charge in [-0.3, -0.25) is 14.9 Å². The Labute approximate surface area is 117 Å². The molecule has 1 aromatic carbocycles. The third-order valence-electron chi connectivity index (χ3n) is 3.83. The third-order valence-corrected chi connectivity index (χ3v) is 3.83. The van der Waals surface area contributed by atoms with E-state index in [1.54, 1.807) is 6.07 Å². The molecular formula is C14H19N3O3. The van der Waals surface area contributed by atoms with Crippen molar-refractivity contribution < 1.29 is 9.72 Å². The second-order valence-corrected chi connectivity index (χ2v) is 5.36. The van der Waals surface area contributed by atoms with Gasteiger partial charge in [-0.05, 0) is 38.2 Å². The van der Waals surface area contributed by atoms with Crippen LogP contribution in [0.3, 0.4) is 0 Å². The van der Waals surface area contributed by atoms with E-state index in [4.69, 9.17) is 5.73 Å². The monoisotopic (exact) mass is 277 g/mol. The number of anilines is 1. The lowest BCUT2D eigenvalue weighted by molar-refractivity contribution is -0.384. The number of nitro benzene ring substituents is 1. The number of nitro groups is 1. The number of hydrogen-bond donors (Lipinski definition) is 2. The highest BCUT2D eigenvalue weighted by atomic mass is 16.6. The van der Waals surface area contributed by atoms with E-state index in [2.05, 4.69) is 5.32 Å². The van der Waals surface area contributed by atoms with Gasteiger partial charge in [0.15, 0.2) is 0 Å². The van der Waals surface area contributed by atoms with Gasteiger partial charge < -0.3 is 11.1 Å². The van der Waals surface area contributed by atoms with Crippen LogP contribution in [0.5, 0.6) is 0 Å². The molecule has 108 valence electrons. The number of carbonyl (C=O) groups excluding carboxylic acids is 1. The molecule has 0 spiro atoms. The van der Waals surface area contributed by atoms with Crippen LogP contribution in [-0.4, -0.2) is 16.9 Å². The van der Waals surface area contributed by atoms with Crippen LogP contribution in [0.15, 0.2) is 18.2 Å². The number of benzene rings is 1. The lowest BCUT2D eigenvalue weighted by Gasteiger charge is -2.25. The van der Waals surface area contributed by atoms with Crippen LogP contribution in [0, 0.1) is 23.0 Å². The Morgan fingerprint density at radius 1 is 1.35 bits per heavy atom. The van der Waals surface area contributed by atoms with E-state index >= 15 is 0 Å². The molecule has 0 bridgehead atoms. The quantitative estimate of drug-likeness (QED) is 0.654. The summed E-state index contributed by atoms with van der Waals surface area (Å²) in [5.41, 5.74) is 7.13. The molecule has 1 aliphatic carbocycles. The molecule has 1 aliphatic rings. The van der Waals surface area contributed by atoms with E-state index < -0.39 is 4.92 Å². The van der Waals surface area contributed by atoms with Crippen LogP contribution in [-0.2, 0) is 4.79 Å². The highest BCUT2D eigenvalue weighted by Crippen LogP contribution is 2.27. The van der Waals surface area contributed by atoms with E-state index in [1.165, 1.54) is 12.1 Å². The van der Waals surface area contributed by atoms with Crippen LogP contribution < -0.4 is 11.1 Å². The second-order valence-electron chi connectivity index (χ2n) is 5.36. The number of rotatable bonds is 3. The topological polar surface area (TPSA) is 98.3 Å². The zero-order valence-corrected chi connectivity index (χ0v) is 11.5. The minimum absolute atomic E-state index is 0.0171. The Kier molecular flexibility index (Phi) is 4.34. The molecule has 6 heteroatoms. The van der Waals surface area contributed by atoms with Crippen molar-refractivity contribution in [2.24, 2.45) is 11.7 Å². The van der Waals surface area contributed by atoms with Gasteiger partial charge in [0, 0.05) is 24.1 Å². The maximum absolute atomic E-state index is 12.2. The number of non-ortho nitro benzene ring substituents is 1. The van der Waals surface area contributed by atoms with Crippen molar-refractivity contribution in [2.45, 2.75) is 38.6 Å². The normalized spacial score (nSPS) is 22.3. The first kappa shape index (κ1) is 14.5. The summed E-state index contributed by atoms with van der Waals surface area (Å²) in [6.07, 6.45) is 3.26. The van der Waals surface area contributed by atoms with Crippen molar-refractivity contribution in [3.63, 3.8) is 0 Å². The Hall–Kier alpha value is -1.95. The molecule has 20 heavy (non-hydrogen) atoms. The maximum atomic E-state index is 12.2. The summed E-state index contributed by atoms with van der Waals surface area (Å²) in [6, 6.07) is 4.68. The van der Waals surface area contributed by atoms with Crippen LogP contribution in [0.2, 0.25) is 0 Å². The smallest absolute Gasteiger partial charge is 0.271 e.